The lowest BCUT2D eigenvalue weighted by atomic mass is 9.69. The summed E-state index contributed by atoms with van der Waals surface area (Å²) in [5, 5.41) is 19.7. The predicted molar refractivity (Wildman–Crippen MR) is 95.3 cm³/mol. The Morgan fingerprint density at radius 3 is 2.50 bits per heavy atom. The Morgan fingerprint density at radius 2 is 1.87 bits per heavy atom. The summed E-state index contributed by atoms with van der Waals surface area (Å²) < 4.78 is 55.8. The highest BCUT2D eigenvalue weighted by molar-refractivity contribution is 5.95. The quantitative estimate of drug-likeness (QED) is 0.647. The zero-order chi connectivity index (χ0) is 22.3. The van der Waals surface area contributed by atoms with Gasteiger partial charge in [0, 0.05) is 11.5 Å². The van der Waals surface area contributed by atoms with E-state index in [9.17, 15) is 32.3 Å². The Morgan fingerprint density at radius 1 is 1.20 bits per heavy atom. The van der Waals surface area contributed by atoms with Crippen molar-refractivity contribution in [1.82, 2.24) is 0 Å². The number of hydrogen-bond acceptors (Lipinski definition) is 5. The van der Waals surface area contributed by atoms with Crippen LogP contribution in [-0.2, 0) is 10.3 Å². The Bertz CT molecular complexity index is 993. The molecule has 6 nitrogen and oxygen atoms in total. The van der Waals surface area contributed by atoms with Gasteiger partial charge in [-0.2, -0.15) is 0 Å². The van der Waals surface area contributed by atoms with E-state index in [1.807, 2.05) is 0 Å². The second-order valence-electron chi connectivity index (χ2n) is 7.02. The third kappa shape index (κ3) is 4.01. The molecule has 1 fully saturated rings. The van der Waals surface area contributed by atoms with E-state index in [0.29, 0.717) is 5.56 Å². The van der Waals surface area contributed by atoms with Gasteiger partial charge in [0.15, 0.2) is 17.3 Å². The van der Waals surface area contributed by atoms with E-state index in [0.717, 1.165) is 18.2 Å². The summed E-state index contributed by atoms with van der Waals surface area (Å²) in [5.41, 5.74) is 3.83. The molecule has 160 valence electrons. The standard InChI is InChI=1S/C20H17F4NO5/c21-15-13(5-2-6-14(15)30-20(22,23)24)19(25)8-7-12(16(26)17(19)27)10-3-1-4-11(9-10)18(28)29/h1-6,9,12,16,26H,7-8,25H2,(H,28,29). The van der Waals surface area contributed by atoms with Crippen molar-refractivity contribution in [3.05, 3.63) is 65.0 Å². The van der Waals surface area contributed by atoms with Crippen molar-refractivity contribution >= 4 is 11.8 Å². The molecule has 1 aliphatic rings. The summed E-state index contributed by atoms with van der Waals surface area (Å²) in [7, 11) is 0. The molecular weight excluding hydrogens is 410 g/mol. The number of Topliss-reactive ketones (excluding diaryl/α,β-unsaturated/α-hetero) is 1. The van der Waals surface area contributed by atoms with Crippen molar-refractivity contribution in [1.29, 1.82) is 0 Å². The van der Waals surface area contributed by atoms with Crippen LogP contribution >= 0.6 is 0 Å². The maximum Gasteiger partial charge on any atom is 0.573 e. The molecule has 0 heterocycles. The lowest BCUT2D eigenvalue weighted by Crippen LogP contribution is -2.55. The molecule has 0 spiro atoms. The summed E-state index contributed by atoms with van der Waals surface area (Å²) in [5.74, 6) is -5.55. The normalized spacial score (nSPS) is 24.5. The van der Waals surface area contributed by atoms with Crippen molar-refractivity contribution < 1.29 is 42.1 Å². The van der Waals surface area contributed by atoms with Crippen LogP contribution in [0.2, 0.25) is 0 Å². The number of carbonyl (C=O) groups excluding carboxylic acids is 1. The number of aromatic carboxylic acids is 1. The SMILES string of the molecule is NC1(c2cccc(OC(F)(F)F)c2F)CCC(c2cccc(C(=O)O)c2)C(O)C1=O. The molecule has 3 atom stereocenters. The molecule has 2 aromatic rings. The first kappa shape index (κ1) is 21.7. The van der Waals surface area contributed by atoms with Gasteiger partial charge in [0.25, 0.3) is 0 Å². The van der Waals surface area contributed by atoms with Crippen molar-refractivity contribution in [3.63, 3.8) is 0 Å². The van der Waals surface area contributed by atoms with Crippen molar-refractivity contribution in [2.24, 2.45) is 5.73 Å². The number of rotatable bonds is 4. The number of hydrogen-bond donors (Lipinski definition) is 3. The molecular formula is C20H17F4NO5. The number of carboxylic acids is 1. The highest BCUT2D eigenvalue weighted by Crippen LogP contribution is 2.42. The number of ether oxygens (including phenoxy) is 1. The van der Waals surface area contributed by atoms with Crippen molar-refractivity contribution in [2.45, 2.75) is 36.8 Å². The van der Waals surface area contributed by atoms with Crippen LogP contribution in [0.3, 0.4) is 0 Å². The highest BCUT2D eigenvalue weighted by Gasteiger charge is 2.49. The number of benzene rings is 2. The third-order valence-electron chi connectivity index (χ3n) is 5.17. The largest absolute Gasteiger partial charge is 0.573 e. The third-order valence-corrected chi connectivity index (χ3v) is 5.17. The first-order chi connectivity index (χ1) is 13.9. The zero-order valence-corrected chi connectivity index (χ0v) is 15.3. The fraction of sp³-hybridized carbons (Fsp3) is 0.300. The number of carboxylic acid groups (broad SMARTS) is 1. The van der Waals surface area contributed by atoms with Gasteiger partial charge in [-0.05, 0) is 36.6 Å². The second kappa shape index (κ2) is 7.69. The van der Waals surface area contributed by atoms with Gasteiger partial charge in [0.2, 0.25) is 0 Å². The van der Waals surface area contributed by atoms with Gasteiger partial charge in [-0.15, -0.1) is 13.2 Å². The average Bonchev–Trinajstić information content (AvgIpc) is 2.67. The number of aliphatic hydroxyl groups excluding tert-OH is 1. The molecule has 0 amide bonds. The summed E-state index contributed by atoms with van der Waals surface area (Å²) in [6.45, 7) is 0. The van der Waals surface area contributed by atoms with Gasteiger partial charge in [-0.1, -0.05) is 24.3 Å². The lowest BCUT2D eigenvalue weighted by molar-refractivity contribution is -0.275. The number of alkyl halides is 3. The fourth-order valence-corrected chi connectivity index (χ4v) is 3.69. The topological polar surface area (TPSA) is 110 Å². The van der Waals surface area contributed by atoms with E-state index < -0.39 is 52.8 Å². The molecule has 1 aliphatic carbocycles. The maximum atomic E-state index is 14.7. The summed E-state index contributed by atoms with van der Waals surface area (Å²) in [4.78, 5) is 24.0. The average molecular weight is 427 g/mol. The van der Waals surface area contributed by atoms with Crippen molar-refractivity contribution in [3.8, 4) is 5.75 Å². The summed E-state index contributed by atoms with van der Waals surface area (Å²) in [6, 6.07) is 8.53. The molecule has 0 bridgehead atoms. The minimum absolute atomic E-state index is 0.0419. The molecule has 30 heavy (non-hydrogen) atoms. The Labute approximate surface area is 167 Å². The Hall–Kier alpha value is -2.98. The van der Waals surface area contributed by atoms with E-state index in [1.54, 1.807) is 0 Å². The van der Waals surface area contributed by atoms with Crippen LogP contribution in [0.4, 0.5) is 17.6 Å². The first-order valence-electron chi connectivity index (χ1n) is 8.83. The minimum atomic E-state index is -5.14. The van der Waals surface area contributed by atoms with E-state index in [2.05, 4.69) is 4.74 Å². The monoisotopic (exact) mass is 427 g/mol. The van der Waals surface area contributed by atoms with Gasteiger partial charge >= 0.3 is 12.3 Å². The fourth-order valence-electron chi connectivity index (χ4n) is 3.69. The zero-order valence-electron chi connectivity index (χ0n) is 15.3. The number of ketones is 1. The van der Waals surface area contributed by atoms with Gasteiger partial charge in [-0.3, -0.25) is 4.79 Å². The summed E-state index contributed by atoms with van der Waals surface area (Å²) >= 11 is 0. The molecule has 1 saturated carbocycles. The molecule has 0 aromatic heterocycles. The molecule has 3 rings (SSSR count). The first-order valence-corrected chi connectivity index (χ1v) is 8.83. The van der Waals surface area contributed by atoms with Crippen LogP contribution in [0.5, 0.6) is 5.75 Å². The van der Waals surface area contributed by atoms with Crippen molar-refractivity contribution in [2.75, 3.05) is 0 Å². The minimum Gasteiger partial charge on any atom is -0.478 e. The lowest BCUT2D eigenvalue weighted by Gasteiger charge is -2.39. The smallest absolute Gasteiger partial charge is 0.478 e. The van der Waals surface area contributed by atoms with E-state index in [1.165, 1.54) is 24.3 Å². The molecule has 0 saturated heterocycles. The van der Waals surface area contributed by atoms with Crippen LogP contribution in [0.15, 0.2) is 42.5 Å². The Kier molecular flexibility index (Phi) is 5.57. The van der Waals surface area contributed by atoms with Crippen LogP contribution in [0.1, 0.15) is 40.2 Å². The predicted octanol–water partition coefficient (Wildman–Crippen LogP) is 3.08. The molecule has 3 unspecified atom stereocenters. The second-order valence-corrected chi connectivity index (χ2v) is 7.02. The summed E-state index contributed by atoms with van der Waals surface area (Å²) in [6.07, 6.45) is -6.97. The highest BCUT2D eigenvalue weighted by atomic mass is 19.4. The Balaban J connectivity index is 1.94. The molecule has 2 aromatic carbocycles. The van der Waals surface area contributed by atoms with Gasteiger partial charge in [0.1, 0.15) is 11.6 Å². The van der Waals surface area contributed by atoms with E-state index in [4.69, 9.17) is 10.8 Å². The van der Waals surface area contributed by atoms with Crippen LogP contribution in [-0.4, -0.2) is 34.4 Å². The van der Waals surface area contributed by atoms with Crippen LogP contribution in [0, 0.1) is 5.82 Å². The van der Waals surface area contributed by atoms with Gasteiger partial charge < -0.3 is 20.7 Å². The van der Waals surface area contributed by atoms with Crippen LogP contribution in [0.25, 0.3) is 0 Å². The molecule has 10 heteroatoms. The van der Waals surface area contributed by atoms with Gasteiger partial charge in [0.05, 0.1) is 5.56 Å². The molecule has 0 aliphatic heterocycles. The molecule has 4 N–H and O–H groups in total. The molecule has 0 radical (unpaired) electrons. The van der Waals surface area contributed by atoms with Crippen LogP contribution < -0.4 is 10.5 Å². The van der Waals surface area contributed by atoms with E-state index in [-0.39, 0.29) is 18.4 Å². The number of carbonyl (C=O) groups is 2. The maximum absolute atomic E-state index is 14.7. The number of nitrogens with two attached hydrogens (primary N) is 1. The van der Waals surface area contributed by atoms with E-state index >= 15 is 0 Å². The van der Waals surface area contributed by atoms with Gasteiger partial charge in [-0.25, -0.2) is 9.18 Å². The number of halogens is 4. The number of aliphatic hydroxyl groups is 1.